The highest BCUT2D eigenvalue weighted by Gasteiger charge is 2.47. The summed E-state index contributed by atoms with van der Waals surface area (Å²) in [5.41, 5.74) is -0.0442. The van der Waals surface area contributed by atoms with Crippen LogP contribution in [0.5, 0.6) is 0 Å². The summed E-state index contributed by atoms with van der Waals surface area (Å²) in [4.78, 5) is 0. The number of nitrogens with one attached hydrogen (secondary N) is 1. The molecule has 0 fully saturated rings. The van der Waals surface area contributed by atoms with Crippen LogP contribution < -0.4 is 15.7 Å². The molecule has 0 heterocycles. The fraction of sp³-hybridized carbons (Fsp3) is 0.217. The Balaban J connectivity index is 2.17. The summed E-state index contributed by atoms with van der Waals surface area (Å²) in [6, 6.07) is 22.4. The summed E-state index contributed by atoms with van der Waals surface area (Å²) in [6.07, 6.45) is -10.1. The van der Waals surface area contributed by atoms with Gasteiger partial charge in [0.15, 0.2) is 13.2 Å². The van der Waals surface area contributed by atoms with Crippen LogP contribution in [0.4, 0.5) is 26.3 Å². The van der Waals surface area contributed by atoms with Gasteiger partial charge in [0.05, 0.1) is 0 Å². The first-order chi connectivity index (χ1) is 16.8. The largest absolute Gasteiger partial charge is 0.412 e. The van der Waals surface area contributed by atoms with Crippen LogP contribution in [-0.4, -0.2) is 25.6 Å². The van der Waals surface area contributed by atoms with Crippen molar-refractivity contribution < 1.29 is 44.5 Å². The van der Waals surface area contributed by atoms with E-state index in [-0.39, 0.29) is 16.2 Å². The molecule has 0 radical (unpaired) electrons. The molecular formula is C23H21F6NO4P2. The van der Waals surface area contributed by atoms with Gasteiger partial charge in [0.25, 0.3) is 0 Å². The van der Waals surface area contributed by atoms with Gasteiger partial charge in [-0.1, -0.05) is 66.7 Å². The Kier molecular flexibility index (Phi) is 8.85. The van der Waals surface area contributed by atoms with Crippen molar-refractivity contribution in [3.05, 3.63) is 96.6 Å². The molecule has 36 heavy (non-hydrogen) atoms. The number of halogens is 6. The maximum Gasteiger partial charge on any atom is 0.412 e. The number of rotatable bonds is 10. The predicted octanol–water partition coefficient (Wildman–Crippen LogP) is 6.55. The molecule has 3 aromatic carbocycles. The minimum absolute atomic E-state index is 0.0442. The third-order valence-corrected chi connectivity index (χ3v) is 9.71. The van der Waals surface area contributed by atoms with E-state index < -0.39 is 46.2 Å². The predicted molar refractivity (Wildman–Crippen MR) is 124 cm³/mol. The van der Waals surface area contributed by atoms with Gasteiger partial charge in [-0.05, 0) is 29.8 Å². The summed E-state index contributed by atoms with van der Waals surface area (Å²) in [7, 11) is -9.32. The Labute approximate surface area is 203 Å². The minimum atomic E-state index is -5.30. The molecule has 5 nitrogen and oxygen atoms in total. The molecule has 1 N–H and O–H groups in total. The summed E-state index contributed by atoms with van der Waals surface area (Å²) >= 11 is 0. The van der Waals surface area contributed by atoms with Gasteiger partial charge >= 0.3 is 19.9 Å². The zero-order valence-corrected chi connectivity index (χ0v) is 20.2. The van der Waals surface area contributed by atoms with Crippen LogP contribution in [0, 0.1) is 0 Å². The van der Waals surface area contributed by atoms with Crippen LogP contribution >= 0.6 is 14.9 Å². The average molecular weight is 551 g/mol. The van der Waals surface area contributed by atoms with Crippen LogP contribution in [0.2, 0.25) is 0 Å². The summed E-state index contributed by atoms with van der Waals surface area (Å²) in [5, 5.41) is 2.95. The molecule has 0 unspecified atom stereocenters. The molecule has 0 bridgehead atoms. The number of hydrogen-bond acceptors (Lipinski definition) is 4. The van der Waals surface area contributed by atoms with Crippen molar-refractivity contribution in [2.75, 3.05) is 13.2 Å². The molecule has 13 heteroatoms. The first kappa shape index (κ1) is 28.2. The average Bonchev–Trinajstić information content (AvgIpc) is 2.85. The molecule has 3 rings (SSSR count). The fourth-order valence-electron chi connectivity index (χ4n) is 3.22. The lowest BCUT2D eigenvalue weighted by Gasteiger charge is -2.32. The zero-order valence-electron chi connectivity index (χ0n) is 18.4. The quantitative estimate of drug-likeness (QED) is 0.229. The Morgan fingerprint density at radius 1 is 0.639 bits per heavy atom. The molecular weight excluding hydrogens is 530 g/mol. The van der Waals surface area contributed by atoms with Crippen molar-refractivity contribution >= 4 is 25.5 Å². The van der Waals surface area contributed by atoms with E-state index in [1.807, 2.05) is 0 Å². The third kappa shape index (κ3) is 7.54. The Morgan fingerprint density at radius 3 is 1.36 bits per heavy atom. The molecule has 0 aliphatic carbocycles. The molecule has 194 valence electrons. The van der Waals surface area contributed by atoms with Crippen molar-refractivity contribution in [2.45, 2.75) is 18.1 Å². The molecule has 0 spiro atoms. The van der Waals surface area contributed by atoms with Gasteiger partial charge < -0.3 is 0 Å². The van der Waals surface area contributed by atoms with Gasteiger partial charge in [-0.15, -0.1) is 0 Å². The minimum Gasteiger partial charge on any atom is -0.298 e. The van der Waals surface area contributed by atoms with Gasteiger partial charge in [0, 0.05) is 10.6 Å². The summed E-state index contributed by atoms with van der Waals surface area (Å²) in [6.45, 7) is -4.29. The maximum absolute atomic E-state index is 14.5. The molecule has 0 aliphatic rings. The lowest BCUT2D eigenvalue weighted by molar-refractivity contribution is -0.165. The molecule has 0 aromatic heterocycles. The lowest BCUT2D eigenvalue weighted by atomic mass is 10.2. The SMILES string of the molecule is O=P(N[C@@H](c1ccccc1)P(=O)(OCC(F)(F)F)OCC(F)(F)F)(c1ccccc1)c1ccccc1. The highest BCUT2D eigenvalue weighted by Crippen LogP contribution is 2.63. The smallest absolute Gasteiger partial charge is 0.298 e. The van der Waals surface area contributed by atoms with Crippen LogP contribution in [0.15, 0.2) is 91.0 Å². The molecule has 0 saturated carbocycles. The molecule has 0 amide bonds. The zero-order chi connectivity index (χ0) is 26.5. The molecule has 3 aromatic rings. The summed E-state index contributed by atoms with van der Waals surface area (Å²) < 4.78 is 115. The second-order valence-corrected chi connectivity index (χ2v) is 12.2. The van der Waals surface area contributed by atoms with Crippen LogP contribution in [0.3, 0.4) is 0 Å². The van der Waals surface area contributed by atoms with Gasteiger partial charge in [0.1, 0.15) is 5.78 Å². The molecule has 1 atom stereocenters. The van der Waals surface area contributed by atoms with Crippen LogP contribution in [0.25, 0.3) is 0 Å². The van der Waals surface area contributed by atoms with Crippen molar-refractivity contribution in [3.8, 4) is 0 Å². The third-order valence-electron chi connectivity index (χ3n) is 4.79. The number of benzene rings is 3. The topological polar surface area (TPSA) is 64.6 Å². The molecule has 0 saturated heterocycles. The van der Waals surface area contributed by atoms with Crippen LogP contribution in [-0.2, 0) is 18.2 Å². The first-order valence-electron chi connectivity index (χ1n) is 10.4. The van der Waals surface area contributed by atoms with E-state index in [4.69, 9.17) is 0 Å². The summed E-state index contributed by atoms with van der Waals surface area (Å²) in [5.74, 6) is -1.95. The lowest BCUT2D eigenvalue weighted by Crippen LogP contribution is -2.32. The molecule has 0 aliphatic heterocycles. The van der Waals surface area contributed by atoms with Gasteiger partial charge in [-0.3, -0.25) is 18.2 Å². The highest BCUT2D eigenvalue weighted by molar-refractivity contribution is 7.77. The van der Waals surface area contributed by atoms with E-state index in [2.05, 4.69) is 14.1 Å². The number of alkyl halides is 6. The van der Waals surface area contributed by atoms with E-state index in [0.29, 0.717) is 0 Å². The van der Waals surface area contributed by atoms with Crippen molar-refractivity contribution in [2.24, 2.45) is 0 Å². The maximum atomic E-state index is 14.5. The van der Waals surface area contributed by atoms with Gasteiger partial charge in [-0.25, -0.2) is 5.09 Å². The second-order valence-electron chi connectivity index (χ2n) is 7.54. The second kappa shape index (κ2) is 11.3. The van der Waals surface area contributed by atoms with E-state index >= 15 is 0 Å². The number of hydrogen-bond donors (Lipinski definition) is 1. The standard InChI is InChI=1S/C23H21F6NO4P2/c24-22(25,26)16-33-36(32,34-17-23(27,28)29)21(18-10-4-1-5-11-18)30-35(31,19-12-6-2-7-13-19)20-14-8-3-9-15-20/h1-15,21H,16-17H2,(H,30,31)/t21-/m1/s1. The van der Waals surface area contributed by atoms with Gasteiger partial charge in [-0.2, -0.15) is 26.3 Å². The Morgan fingerprint density at radius 2 is 1.00 bits per heavy atom. The van der Waals surface area contributed by atoms with Crippen LogP contribution in [0.1, 0.15) is 11.3 Å². The first-order valence-corrected chi connectivity index (χ1v) is 13.7. The monoisotopic (exact) mass is 551 g/mol. The Bertz CT molecular complexity index is 1140. The van der Waals surface area contributed by atoms with E-state index in [1.165, 1.54) is 54.6 Å². The van der Waals surface area contributed by atoms with E-state index in [0.717, 1.165) is 0 Å². The van der Waals surface area contributed by atoms with Crippen molar-refractivity contribution in [1.29, 1.82) is 0 Å². The van der Waals surface area contributed by atoms with E-state index in [9.17, 15) is 35.5 Å². The highest BCUT2D eigenvalue weighted by atomic mass is 31.2. The van der Waals surface area contributed by atoms with Crippen molar-refractivity contribution in [1.82, 2.24) is 5.09 Å². The Hall–Kier alpha value is -2.42. The fourth-order valence-corrected chi connectivity index (χ4v) is 8.11. The van der Waals surface area contributed by atoms with Gasteiger partial charge in [0.2, 0.25) is 7.29 Å². The van der Waals surface area contributed by atoms with E-state index in [1.54, 1.807) is 36.4 Å². The normalized spacial score (nSPS) is 13.9. The van der Waals surface area contributed by atoms with Crippen molar-refractivity contribution in [3.63, 3.8) is 0 Å².